The van der Waals surface area contributed by atoms with Gasteiger partial charge in [-0.3, -0.25) is 4.99 Å². The van der Waals surface area contributed by atoms with Crippen molar-refractivity contribution < 1.29 is 0 Å². The molecule has 1 aliphatic rings. The lowest BCUT2D eigenvalue weighted by molar-refractivity contribution is 0.535. The standard InChI is InChI=1S/C24H36N2/c1-7-9-10-11-12-13-14-15-17-21(4)24(25-6)26-19-16-18-23(22(26)5)20(3)8-2/h7,9-12,16,18-21H,1,5,8,13-15,17H2,2-4,6H3/b10-9-,12-11-,25-24-. The molecule has 0 aliphatic carbocycles. The van der Waals surface area contributed by atoms with Gasteiger partial charge in [0.2, 0.25) is 0 Å². The van der Waals surface area contributed by atoms with Crippen molar-refractivity contribution in [2.24, 2.45) is 16.8 Å². The van der Waals surface area contributed by atoms with E-state index >= 15 is 0 Å². The second kappa shape index (κ2) is 12.3. The van der Waals surface area contributed by atoms with Gasteiger partial charge in [0.25, 0.3) is 0 Å². The van der Waals surface area contributed by atoms with Crippen LogP contribution in [-0.4, -0.2) is 17.8 Å². The predicted octanol–water partition coefficient (Wildman–Crippen LogP) is 6.83. The fourth-order valence-electron chi connectivity index (χ4n) is 3.17. The van der Waals surface area contributed by atoms with Crippen molar-refractivity contribution in [1.82, 2.24) is 4.90 Å². The highest BCUT2D eigenvalue weighted by Crippen LogP contribution is 2.29. The molecule has 2 nitrogen and oxygen atoms in total. The molecule has 1 aliphatic heterocycles. The maximum atomic E-state index is 4.60. The Morgan fingerprint density at radius 2 is 2.00 bits per heavy atom. The molecule has 0 fully saturated rings. The third-order valence-corrected chi connectivity index (χ3v) is 4.95. The Morgan fingerprint density at radius 3 is 2.65 bits per heavy atom. The van der Waals surface area contributed by atoms with Crippen LogP contribution in [0, 0.1) is 11.8 Å². The van der Waals surface area contributed by atoms with Crippen LogP contribution in [0.5, 0.6) is 0 Å². The van der Waals surface area contributed by atoms with Gasteiger partial charge in [-0.25, -0.2) is 0 Å². The Bertz CT molecular complexity index is 602. The van der Waals surface area contributed by atoms with Crippen LogP contribution in [-0.2, 0) is 0 Å². The summed E-state index contributed by atoms with van der Waals surface area (Å²) in [6, 6.07) is 0. The summed E-state index contributed by atoms with van der Waals surface area (Å²) < 4.78 is 0. The average molecular weight is 353 g/mol. The molecule has 2 unspecified atom stereocenters. The molecule has 0 aromatic heterocycles. The zero-order valence-electron chi connectivity index (χ0n) is 17.1. The van der Waals surface area contributed by atoms with Crippen molar-refractivity contribution in [3.63, 3.8) is 0 Å². The molecule has 1 rings (SSSR count). The third kappa shape index (κ3) is 6.67. The number of allylic oxidation sites excluding steroid dienone is 8. The number of hydrogen-bond acceptors (Lipinski definition) is 1. The van der Waals surface area contributed by atoms with Crippen LogP contribution in [0.4, 0.5) is 0 Å². The zero-order valence-corrected chi connectivity index (χ0v) is 17.1. The molecule has 0 aromatic carbocycles. The smallest absolute Gasteiger partial charge is 0.110 e. The van der Waals surface area contributed by atoms with Gasteiger partial charge in [-0.2, -0.15) is 0 Å². The summed E-state index contributed by atoms with van der Waals surface area (Å²) in [7, 11) is 1.89. The van der Waals surface area contributed by atoms with Crippen LogP contribution in [0.25, 0.3) is 0 Å². The third-order valence-electron chi connectivity index (χ3n) is 4.95. The summed E-state index contributed by atoms with van der Waals surface area (Å²) >= 11 is 0. The minimum atomic E-state index is 0.419. The Labute approximate surface area is 161 Å². The number of hydrogen-bond donors (Lipinski definition) is 0. The first kappa shape index (κ1) is 22.0. The Kier molecular flexibility index (Phi) is 10.4. The molecule has 0 radical (unpaired) electrons. The first-order valence-electron chi connectivity index (χ1n) is 9.84. The maximum Gasteiger partial charge on any atom is 0.110 e. The minimum Gasteiger partial charge on any atom is -0.306 e. The van der Waals surface area contributed by atoms with E-state index in [-0.39, 0.29) is 0 Å². The summed E-state index contributed by atoms with van der Waals surface area (Å²) in [4.78, 5) is 6.79. The van der Waals surface area contributed by atoms with E-state index in [4.69, 9.17) is 0 Å². The lowest BCUT2D eigenvalue weighted by Crippen LogP contribution is -2.33. The van der Waals surface area contributed by atoms with Gasteiger partial charge >= 0.3 is 0 Å². The van der Waals surface area contributed by atoms with E-state index in [0.717, 1.165) is 30.8 Å². The minimum absolute atomic E-state index is 0.419. The number of rotatable bonds is 10. The van der Waals surface area contributed by atoms with Crippen molar-refractivity contribution in [2.75, 3.05) is 7.05 Å². The summed E-state index contributed by atoms with van der Waals surface area (Å²) in [5.74, 6) is 2.05. The topological polar surface area (TPSA) is 15.6 Å². The molecule has 0 N–H and O–H groups in total. The molecular formula is C24H36N2. The van der Waals surface area contributed by atoms with E-state index < -0.39 is 0 Å². The zero-order chi connectivity index (χ0) is 19.4. The van der Waals surface area contributed by atoms with Crippen LogP contribution in [0.3, 0.4) is 0 Å². The highest BCUT2D eigenvalue weighted by Gasteiger charge is 2.23. The number of nitrogens with zero attached hydrogens (tertiary/aromatic N) is 2. The second-order valence-corrected chi connectivity index (χ2v) is 6.91. The van der Waals surface area contributed by atoms with Crippen LogP contribution in [0.2, 0.25) is 0 Å². The normalized spacial score (nSPS) is 17.8. The average Bonchev–Trinajstić information content (AvgIpc) is 2.65. The van der Waals surface area contributed by atoms with Gasteiger partial charge in [0.15, 0.2) is 0 Å². The van der Waals surface area contributed by atoms with Crippen molar-refractivity contribution in [2.45, 2.75) is 52.9 Å². The van der Waals surface area contributed by atoms with Crippen LogP contribution < -0.4 is 0 Å². The summed E-state index contributed by atoms with van der Waals surface area (Å²) in [6.45, 7) is 14.8. The molecule has 0 amide bonds. The van der Waals surface area contributed by atoms with E-state index in [9.17, 15) is 0 Å². The highest BCUT2D eigenvalue weighted by atomic mass is 15.2. The first-order chi connectivity index (χ1) is 12.6. The molecule has 26 heavy (non-hydrogen) atoms. The summed E-state index contributed by atoms with van der Waals surface area (Å²) in [6.07, 6.45) is 22.3. The second-order valence-electron chi connectivity index (χ2n) is 6.91. The monoisotopic (exact) mass is 352 g/mol. The molecule has 0 spiro atoms. The molecular weight excluding hydrogens is 316 g/mol. The fourth-order valence-corrected chi connectivity index (χ4v) is 3.17. The molecule has 0 bridgehead atoms. The Morgan fingerprint density at radius 1 is 1.23 bits per heavy atom. The van der Waals surface area contributed by atoms with E-state index in [0.29, 0.717) is 11.8 Å². The summed E-state index contributed by atoms with van der Waals surface area (Å²) in [5, 5.41) is 0. The van der Waals surface area contributed by atoms with Gasteiger partial charge in [0, 0.05) is 24.9 Å². The van der Waals surface area contributed by atoms with Crippen LogP contribution in [0.1, 0.15) is 52.9 Å². The van der Waals surface area contributed by atoms with Gasteiger partial charge in [-0.15, -0.1) is 0 Å². The van der Waals surface area contributed by atoms with Gasteiger partial charge in [-0.05, 0) is 43.3 Å². The van der Waals surface area contributed by atoms with E-state index in [1.54, 1.807) is 6.08 Å². The summed E-state index contributed by atoms with van der Waals surface area (Å²) in [5.41, 5.74) is 2.40. The van der Waals surface area contributed by atoms with Gasteiger partial charge in [0.1, 0.15) is 5.84 Å². The van der Waals surface area contributed by atoms with E-state index in [1.807, 2.05) is 19.2 Å². The molecule has 2 atom stereocenters. The van der Waals surface area contributed by atoms with Crippen molar-refractivity contribution in [1.29, 1.82) is 0 Å². The van der Waals surface area contributed by atoms with Gasteiger partial charge in [-0.1, -0.05) is 76.8 Å². The molecule has 142 valence electrons. The quantitative estimate of drug-likeness (QED) is 0.182. The SMILES string of the molecule is C=C/C=C\C=C/CCCCC(C)/C(=N/C)N1C=CC=C(C(C)CC)C1=C. The Balaban J connectivity index is 2.55. The predicted molar refractivity (Wildman–Crippen MR) is 117 cm³/mol. The fraction of sp³-hybridized carbons (Fsp3) is 0.458. The molecule has 0 saturated carbocycles. The Hall–Kier alpha value is -2.09. The molecule has 2 heteroatoms. The van der Waals surface area contributed by atoms with Gasteiger partial charge < -0.3 is 4.90 Å². The van der Waals surface area contributed by atoms with Crippen molar-refractivity contribution in [3.05, 3.63) is 73.2 Å². The molecule has 1 heterocycles. The lowest BCUT2D eigenvalue weighted by atomic mass is 9.92. The largest absolute Gasteiger partial charge is 0.306 e. The van der Waals surface area contributed by atoms with Gasteiger partial charge in [0.05, 0.1) is 0 Å². The highest BCUT2D eigenvalue weighted by molar-refractivity contribution is 5.87. The van der Waals surface area contributed by atoms with Crippen LogP contribution in [0.15, 0.2) is 78.2 Å². The number of amidine groups is 1. The maximum absolute atomic E-state index is 4.60. The number of unbranched alkanes of at least 4 members (excludes halogenated alkanes) is 2. The number of aliphatic imine (C=N–C) groups is 1. The molecule has 0 aromatic rings. The van der Waals surface area contributed by atoms with E-state index in [1.165, 1.54) is 18.4 Å². The van der Waals surface area contributed by atoms with Crippen molar-refractivity contribution >= 4 is 5.84 Å². The van der Waals surface area contributed by atoms with Crippen LogP contribution >= 0.6 is 0 Å². The van der Waals surface area contributed by atoms with Crippen molar-refractivity contribution in [3.8, 4) is 0 Å². The first-order valence-corrected chi connectivity index (χ1v) is 9.84. The molecule has 0 saturated heterocycles. The lowest BCUT2D eigenvalue weighted by Gasteiger charge is -2.33. The van der Waals surface area contributed by atoms with E-state index in [2.05, 4.69) is 74.3 Å².